The lowest BCUT2D eigenvalue weighted by Crippen LogP contribution is -2.09. The third-order valence-corrected chi connectivity index (χ3v) is 2.61. The van der Waals surface area contributed by atoms with Gasteiger partial charge in [0.1, 0.15) is 5.57 Å². The van der Waals surface area contributed by atoms with Crippen LogP contribution in [-0.4, -0.2) is 36.8 Å². The van der Waals surface area contributed by atoms with Crippen molar-refractivity contribution in [2.24, 2.45) is 0 Å². The summed E-state index contributed by atoms with van der Waals surface area (Å²) in [7, 11) is 2.68. The second-order valence-corrected chi connectivity index (χ2v) is 3.74. The molecule has 0 aliphatic rings. The Bertz CT molecular complexity index is 580. The molecule has 1 rings (SSSR count). The van der Waals surface area contributed by atoms with Crippen LogP contribution < -0.4 is 9.47 Å². The highest BCUT2D eigenvalue weighted by molar-refractivity contribution is 6.17. The highest BCUT2D eigenvalue weighted by atomic mass is 16.6. The molecular weight excluding hydrogens is 282 g/mol. The Morgan fingerprint density at radius 1 is 1.33 bits per heavy atom. The first kappa shape index (κ1) is 16.3. The molecule has 0 atom stereocenters. The number of carbonyl (C=O) groups excluding carboxylic acids is 1. The van der Waals surface area contributed by atoms with Crippen LogP contribution in [0.25, 0.3) is 5.57 Å². The molecule has 0 amide bonds. The zero-order valence-corrected chi connectivity index (χ0v) is 11.8. The van der Waals surface area contributed by atoms with E-state index in [9.17, 15) is 20.0 Å². The molecule has 114 valence electrons. The lowest BCUT2D eigenvalue weighted by Gasteiger charge is -2.11. The standard InChI is InChI=1S/C13H15NO7/c1-4-21-13(16)9(7-15)8-5-11(19-2)12(20-3)6-10(8)14(17)18/h5-7,15H,4H2,1-3H3/b9-7-. The highest BCUT2D eigenvalue weighted by Crippen LogP contribution is 2.37. The maximum Gasteiger partial charge on any atom is 0.342 e. The Labute approximate surface area is 120 Å². The molecule has 1 N–H and O–H groups in total. The van der Waals surface area contributed by atoms with Gasteiger partial charge in [-0.15, -0.1) is 0 Å². The minimum atomic E-state index is -0.879. The minimum Gasteiger partial charge on any atom is -0.515 e. The van der Waals surface area contributed by atoms with Crippen LogP contribution in [0.4, 0.5) is 5.69 Å². The molecule has 1 aromatic carbocycles. The first-order valence-corrected chi connectivity index (χ1v) is 5.92. The number of carbonyl (C=O) groups is 1. The molecule has 21 heavy (non-hydrogen) atoms. The third kappa shape index (κ3) is 3.41. The van der Waals surface area contributed by atoms with Crippen molar-refractivity contribution < 1.29 is 29.0 Å². The summed E-state index contributed by atoms with van der Waals surface area (Å²) in [4.78, 5) is 22.2. The summed E-state index contributed by atoms with van der Waals surface area (Å²) in [6.45, 7) is 1.65. The van der Waals surface area contributed by atoms with Gasteiger partial charge in [-0.3, -0.25) is 10.1 Å². The van der Waals surface area contributed by atoms with Crippen molar-refractivity contribution in [3.8, 4) is 11.5 Å². The number of rotatable bonds is 6. The van der Waals surface area contributed by atoms with E-state index in [2.05, 4.69) is 0 Å². The van der Waals surface area contributed by atoms with E-state index < -0.39 is 16.6 Å². The predicted octanol–water partition coefficient (Wildman–Crippen LogP) is 2.07. The van der Waals surface area contributed by atoms with E-state index in [0.29, 0.717) is 6.26 Å². The molecule has 0 unspecified atom stereocenters. The number of aliphatic hydroxyl groups excluding tert-OH is 1. The van der Waals surface area contributed by atoms with Crippen LogP contribution in [0.3, 0.4) is 0 Å². The Morgan fingerprint density at radius 2 is 1.90 bits per heavy atom. The van der Waals surface area contributed by atoms with Gasteiger partial charge in [-0.1, -0.05) is 0 Å². The zero-order chi connectivity index (χ0) is 16.0. The number of nitrogens with zero attached hydrogens (tertiary/aromatic N) is 1. The topological polar surface area (TPSA) is 108 Å². The van der Waals surface area contributed by atoms with E-state index in [1.807, 2.05) is 0 Å². The Hall–Kier alpha value is -2.77. The number of benzene rings is 1. The SMILES string of the molecule is CCOC(=O)/C(=C\O)c1cc(OC)c(OC)cc1[N+](=O)[O-]. The fourth-order valence-electron chi connectivity index (χ4n) is 1.68. The van der Waals surface area contributed by atoms with Gasteiger partial charge in [0.25, 0.3) is 5.69 Å². The minimum absolute atomic E-state index is 0.0667. The summed E-state index contributed by atoms with van der Waals surface area (Å²) in [5.74, 6) is -0.564. The first-order chi connectivity index (χ1) is 9.99. The van der Waals surface area contributed by atoms with Crippen molar-refractivity contribution in [3.63, 3.8) is 0 Å². The number of nitro benzene ring substituents is 1. The Morgan fingerprint density at radius 3 is 2.33 bits per heavy atom. The molecule has 8 nitrogen and oxygen atoms in total. The van der Waals surface area contributed by atoms with Gasteiger partial charge in [0.05, 0.1) is 43.6 Å². The van der Waals surface area contributed by atoms with Gasteiger partial charge in [0.2, 0.25) is 0 Å². The number of esters is 1. The number of nitro groups is 1. The van der Waals surface area contributed by atoms with Crippen LogP contribution in [0.5, 0.6) is 11.5 Å². The molecule has 0 aromatic heterocycles. The summed E-state index contributed by atoms with van der Waals surface area (Å²) in [5, 5.41) is 20.4. The predicted molar refractivity (Wildman–Crippen MR) is 73.4 cm³/mol. The van der Waals surface area contributed by atoms with E-state index in [1.54, 1.807) is 6.92 Å². The van der Waals surface area contributed by atoms with Crippen molar-refractivity contribution in [1.29, 1.82) is 0 Å². The maximum atomic E-state index is 11.8. The Kier molecular flexibility index (Phi) is 5.53. The molecule has 0 spiro atoms. The van der Waals surface area contributed by atoms with Crippen LogP contribution in [0.2, 0.25) is 0 Å². The summed E-state index contributed by atoms with van der Waals surface area (Å²) in [5.41, 5.74) is -0.885. The molecule has 0 saturated heterocycles. The average Bonchev–Trinajstić information content (AvgIpc) is 2.47. The number of methoxy groups -OCH3 is 2. The largest absolute Gasteiger partial charge is 0.515 e. The van der Waals surface area contributed by atoms with Crippen LogP contribution in [-0.2, 0) is 9.53 Å². The van der Waals surface area contributed by atoms with Gasteiger partial charge < -0.3 is 19.3 Å². The smallest absolute Gasteiger partial charge is 0.342 e. The highest BCUT2D eigenvalue weighted by Gasteiger charge is 2.26. The van der Waals surface area contributed by atoms with E-state index >= 15 is 0 Å². The number of hydrogen-bond acceptors (Lipinski definition) is 7. The molecule has 0 saturated carbocycles. The molecule has 0 aliphatic heterocycles. The van der Waals surface area contributed by atoms with Crippen molar-refractivity contribution in [2.45, 2.75) is 6.92 Å². The van der Waals surface area contributed by atoms with Crippen LogP contribution in [0, 0.1) is 10.1 Å². The van der Waals surface area contributed by atoms with E-state index in [0.717, 1.165) is 6.07 Å². The third-order valence-electron chi connectivity index (χ3n) is 2.61. The molecule has 1 aromatic rings. The van der Waals surface area contributed by atoms with Crippen molar-refractivity contribution in [1.82, 2.24) is 0 Å². The van der Waals surface area contributed by atoms with Crippen LogP contribution in [0.1, 0.15) is 12.5 Å². The Balaban J connectivity index is 3.51. The van der Waals surface area contributed by atoms with Crippen molar-refractivity contribution in [2.75, 3.05) is 20.8 Å². The first-order valence-electron chi connectivity index (χ1n) is 5.92. The number of hydrogen-bond donors (Lipinski definition) is 1. The molecule has 0 aliphatic carbocycles. The van der Waals surface area contributed by atoms with E-state index in [4.69, 9.17) is 14.2 Å². The second-order valence-electron chi connectivity index (χ2n) is 3.74. The summed E-state index contributed by atoms with van der Waals surface area (Å²) in [6.07, 6.45) is 0.465. The quantitative estimate of drug-likeness (QED) is 0.281. The van der Waals surface area contributed by atoms with Gasteiger partial charge in [0.15, 0.2) is 11.5 Å². The van der Waals surface area contributed by atoms with Gasteiger partial charge in [-0.05, 0) is 13.0 Å². The molecule has 0 radical (unpaired) electrons. The molecule has 0 heterocycles. The van der Waals surface area contributed by atoms with Gasteiger partial charge in [-0.25, -0.2) is 4.79 Å². The fraction of sp³-hybridized carbons (Fsp3) is 0.308. The monoisotopic (exact) mass is 297 g/mol. The molecule has 0 bridgehead atoms. The summed E-state index contributed by atoms with van der Waals surface area (Å²) in [6, 6.07) is 2.34. The van der Waals surface area contributed by atoms with Crippen LogP contribution >= 0.6 is 0 Å². The maximum absolute atomic E-state index is 11.8. The summed E-state index contributed by atoms with van der Waals surface area (Å²) >= 11 is 0. The summed E-state index contributed by atoms with van der Waals surface area (Å²) < 4.78 is 14.8. The normalized spacial score (nSPS) is 10.9. The second kappa shape index (κ2) is 7.13. The van der Waals surface area contributed by atoms with E-state index in [-0.39, 0.29) is 29.2 Å². The lowest BCUT2D eigenvalue weighted by molar-refractivity contribution is -0.385. The van der Waals surface area contributed by atoms with Crippen molar-refractivity contribution in [3.05, 3.63) is 34.1 Å². The molecule has 0 fully saturated rings. The molecule has 8 heteroatoms. The number of ether oxygens (including phenoxy) is 3. The van der Waals surface area contributed by atoms with Gasteiger partial charge >= 0.3 is 5.97 Å². The zero-order valence-electron chi connectivity index (χ0n) is 11.8. The average molecular weight is 297 g/mol. The van der Waals surface area contributed by atoms with Gasteiger partial charge in [0, 0.05) is 0 Å². The van der Waals surface area contributed by atoms with E-state index in [1.165, 1.54) is 20.3 Å². The number of aliphatic hydroxyl groups is 1. The van der Waals surface area contributed by atoms with Crippen molar-refractivity contribution >= 4 is 17.2 Å². The molecular formula is C13H15NO7. The van der Waals surface area contributed by atoms with Gasteiger partial charge in [-0.2, -0.15) is 0 Å². The van der Waals surface area contributed by atoms with Crippen LogP contribution in [0.15, 0.2) is 18.4 Å². The fourth-order valence-corrected chi connectivity index (χ4v) is 1.68. The lowest BCUT2D eigenvalue weighted by atomic mass is 10.0.